The van der Waals surface area contributed by atoms with E-state index in [2.05, 4.69) is 0 Å². The van der Waals surface area contributed by atoms with Crippen LogP contribution >= 0.6 is 0 Å². The first-order valence-corrected chi connectivity index (χ1v) is 8.83. The quantitative estimate of drug-likeness (QED) is 0.838. The molecule has 0 aromatic rings. The summed E-state index contributed by atoms with van der Waals surface area (Å²) in [5.41, 5.74) is -0.675. The highest BCUT2D eigenvalue weighted by Crippen LogP contribution is 2.38. The molecule has 0 aromatic heterocycles. The Balaban J connectivity index is 2.63. The molecule has 0 radical (unpaired) electrons. The van der Waals surface area contributed by atoms with Gasteiger partial charge in [0.1, 0.15) is 9.84 Å². The first-order chi connectivity index (χ1) is 8.36. The van der Waals surface area contributed by atoms with Crippen LogP contribution in [-0.2, 0) is 14.6 Å². The van der Waals surface area contributed by atoms with Crippen LogP contribution in [0.3, 0.4) is 0 Å². The van der Waals surface area contributed by atoms with Gasteiger partial charge in [-0.1, -0.05) is 32.1 Å². The van der Waals surface area contributed by atoms with Gasteiger partial charge in [0.05, 0.1) is 5.41 Å². The molecule has 5 heteroatoms. The zero-order valence-corrected chi connectivity index (χ0v) is 12.0. The molecule has 0 amide bonds. The van der Waals surface area contributed by atoms with Crippen molar-refractivity contribution in [2.75, 3.05) is 12.0 Å². The first-order valence-electron chi connectivity index (χ1n) is 6.77. The van der Waals surface area contributed by atoms with E-state index in [4.69, 9.17) is 0 Å². The Morgan fingerprint density at radius 2 is 1.61 bits per heavy atom. The molecule has 1 aliphatic carbocycles. The monoisotopic (exact) mass is 276 g/mol. The summed E-state index contributed by atoms with van der Waals surface area (Å²) < 4.78 is 22.2. The van der Waals surface area contributed by atoms with Crippen LogP contribution in [0.5, 0.6) is 0 Å². The van der Waals surface area contributed by atoms with E-state index in [1.165, 1.54) is 12.7 Å². The standard InChI is InChI=1S/C13H24O4S/c1-18(16,17)11-7-10-13(12(14)15)8-5-3-2-4-6-9-13/h2-11H2,1H3,(H,14,15). The number of aliphatic carboxylic acids is 1. The Bertz CT molecular complexity index is 364. The molecule has 4 nitrogen and oxygen atoms in total. The van der Waals surface area contributed by atoms with E-state index in [1.54, 1.807) is 0 Å². The molecular weight excluding hydrogens is 252 g/mol. The van der Waals surface area contributed by atoms with E-state index >= 15 is 0 Å². The number of hydrogen-bond donors (Lipinski definition) is 1. The average molecular weight is 276 g/mol. The van der Waals surface area contributed by atoms with E-state index in [1.807, 2.05) is 0 Å². The van der Waals surface area contributed by atoms with Gasteiger partial charge in [-0.2, -0.15) is 0 Å². The summed E-state index contributed by atoms with van der Waals surface area (Å²) in [5, 5.41) is 9.49. The Labute approximate surface area is 110 Å². The van der Waals surface area contributed by atoms with E-state index in [0.29, 0.717) is 25.7 Å². The van der Waals surface area contributed by atoms with Crippen LogP contribution in [0.15, 0.2) is 0 Å². The van der Waals surface area contributed by atoms with Gasteiger partial charge in [-0.25, -0.2) is 8.42 Å². The van der Waals surface area contributed by atoms with Gasteiger partial charge in [-0.05, 0) is 25.7 Å². The minimum Gasteiger partial charge on any atom is -0.481 e. The second-order valence-electron chi connectivity index (χ2n) is 5.59. The highest BCUT2D eigenvalue weighted by Gasteiger charge is 2.37. The predicted octanol–water partition coefficient (Wildman–Crippen LogP) is 2.63. The van der Waals surface area contributed by atoms with Crippen molar-refractivity contribution in [3.05, 3.63) is 0 Å². The molecule has 1 rings (SSSR count). The molecule has 0 heterocycles. The van der Waals surface area contributed by atoms with Crippen molar-refractivity contribution in [3.8, 4) is 0 Å². The Kier molecular flexibility index (Phi) is 5.63. The van der Waals surface area contributed by atoms with Crippen molar-refractivity contribution in [2.24, 2.45) is 5.41 Å². The Morgan fingerprint density at radius 3 is 2.06 bits per heavy atom. The summed E-state index contributed by atoms with van der Waals surface area (Å²) in [6.07, 6.45) is 8.86. The van der Waals surface area contributed by atoms with Gasteiger partial charge in [0.25, 0.3) is 0 Å². The van der Waals surface area contributed by atoms with E-state index < -0.39 is 21.2 Å². The number of hydrogen-bond acceptors (Lipinski definition) is 3. The van der Waals surface area contributed by atoms with Crippen LogP contribution < -0.4 is 0 Å². The maximum Gasteiger partial charge on any atom is 0.309 e. The molecule has 1 saturated carbocycles. The maximum absolute atomic E-state index is 11.5. The summed E-state index contributed by atoms with van der Waals surface area (Å²) in [6.45, 7) is 0. The predicted molar refractivity (Wildman–Crippen MR) is 71.3 cm³/mol. The van der Waals surface area contributed by atoms with Gasteiger partial charge < -0.3 is 5.11 Å². The largest absolute Gasteiger partial charge is 0.481 e. The Morgan fingerprint density at radius 1 is 1.11 bits per heavy atom. The summed E-state index contributed by atoms with van der Waals surface area (Å²) in [7, 11) is -2.99. The fourth-order valence-electron chi connectivity index (χ4n) is 2.83. The fraction of sp³-hybridized carbons (Fsp3) is 0.923. The third-order valence-corrected chi connectivity index (χ3v) is 4.97. The van der Waals surface area contributed by atoms with Crippen LogP contribution in [0.4, 0.5) is 0 Å². The smallest absolute Gasteiger partial charge is 0.309 e. The summed E-state index contributed by atoms with van der Waals surface area (Å²) in [4.78, 5) is 11.5. The molecule has 0 unspecified atom stereocenters. The van der Waals surface area contributed by atoms with Crippen molar-refractivity contribution in [3.63, 3.8) is 0 Å². The van der Waals surface area contributed by atoms with Crippen molar-refractivity contribution < 1.29 is 18.3 Å². The van der Waals surface area contributed by atoms with Crippen molar-refractivity contribution in [2.45, 2.75) is 57.8 Å². The zero-order valence-electron chi connectivity index (χ0n) is 11.2. The number of carboxylic acids is 1. The van der Waals surface area contributed by atoms with E-state index in [9.17, 15) is 18.3 Å². The molecule has 1 N–H and O–H groups in total. The molecule has 1 fully saturated rings. The van der Waals surface area contributed by atoms with Gasteiger partial charge in [-0.3, -0.25) is 4.79 Å². The van der Waals surface area contributed by atoms with Crippen LogP contribution in [0, 0.1) is 5.41 Å². The summed E-state index contributed by atoms with van der Waals surface area (Å²) in [6, 6.07) is 0. The van der Waals surface area contributed by atoms with Crippen LogP contribution in [-0.4, -0.2) is 31.5 Å². The minimum atomic E-state index is -2.99. The van der Waals surface area contributed by atoms with Crippen molar-refractivity contribution in [1.29, 1.82) is 0 Å². The van der Waals surface area contributed by atoms with E-state index in [0.717, 1.165) is 25.7 Å². The highest BCUT2D eigenvalue weighted by atomic mass is 32.2. The zero-order chi connectivity index (χ0) is 13.6. The topological polar surface area (TPSA) is 71.4 Å². The van der Waals surface area contributed by atoms with Gasteiger partial charge in [-0.15, -0.1) is 0 Å². The maximum atomic E-state index is 11.5. The lowest BCUT2D eigenvalue weighted by atomic mass is 9.73. The van der Waals surface area contributed by atoms with E-state index in [-0.39, 0.29) is 5.75 Å². The van der Waals surface area contributed by atoms with Crippen LogP contribution in [0.25, 0.3) is 0 Å². The van der Waals surface area contributed by atoms with Crippen LogP contribution in [0.2, 0.25) is 0 Å². The molecule has 0 bridgehead atoms. The van der Waals surface area contributed by atoms with Crippen LogP contribution in [0.1, 0.15) is 57.8 Å². The number of sulfone groups is 1. The third kappa shape index (κ3) is 4.96. The second-order valence-corrected chi connectivity index (χ2v) is 7.85. The first kappa shape index (κ1) is 15.5. The van der Waals surface area contributed by atoms with Gasteiger partial charge in [0.2, 0.25) is 0 Å². The van der Waals surface area contributed by atoms with Crippen molar-refractivity contribution >= 4 is 15.8 Å². The highest BCUT2D eigenvalue weighted by molar-refractivity contribution is 7.90. The molecule has 0 saturated heterocycles. The fourth-order valence-corrected chi connectivity index (χ4v) is 3.49. The molecular formula is C13H24O4S. The number of rotatable bonds is 5. The Hall–Kier alpha value is -0.580. The lowest BCUT2D eigenvalue weighted by molar-refractivity contribution is -0.151. The third-order valence-electron chi connectivity index (χ3n) is 3.93. The van der Waals surface area contributed by atoms with Gasteiger partial charge >= 0.3 is 5.97 Å². The van der Waals surface area contributed by atoms with Crippen molar-refractivity contribution in [1.82, 2.24) is 0 Å². The molecule has 0 aromatic carbocycles. The minimum absolute atomic E-state index is 0.0992. The summed E-state index contributed by atoms with van der Waals surface area (Å²) in [5.74, 6) is -0.639. The molecule has 0 aliphatic heterocycles. The summed E-state index contributed by atoms with van der Waals surface area (Å²) >= 11 is 0. The molecule has 18 heavy (non-hydrogen) atoms. The SMILES string of the molecule is CS(=O)(=O)CCCC1(C(=O)O)CCCCCCC1. The number of carbonyl (C=O) groups is 1. The lowest BCUT2D eigenvalue weighted by Crippen LogP contribution is -2.32. The molecule has 0 atom stereocenters. The molecule has 106 valence electrons. The molecule has 0 spiro atoms. The molecule has 1 aliphatic rings. The normalized spacial score (nSPS) is 20.9. The lowest BCUT2D eigenvalue weighted by Gasteiger charge is -2.31. The number of carboxylic acid groups (broad SMARTS) is 1. The average Bonchev–Trinajstić information content (AvgIpc) is 2.19. The van der Waals surface area contributed by atoms with Gasteiger partial charge in [0.15, 0.2) is 0 Å². The second kappa shape index (κ2) is 6.55. The van der Waals surface area contributed by atoms with Gasteiger partial charge in [0, 0.05) is 12.0 Å².